The molecule has 0 saturated carbocycles. The Morgan fingerprint density at radius 3 is 3.00 bits per heavy atom. The van der Waals surface area contributed by atoms with Crippen molar-refractivity contribution < 1.29 is 14.3 Å². The SMILES string of the molecule is C=CCCOc1ccc(Cl)cc1NC(=O)OC. The first-order chi connectivity index (χ1) is 8.17. The van der Waals surface area contributed by atoms with Gasteiger partial charge in [0.25, 0.3) is 0 Å². The third kappa shape index (κ3) is 4.36. The predicted octanol–water partition coefficient (Wildman–Crippen LogP) is 3.47. The van der Waals surface area contributed by atoms with E-state index in [0.29, 0.717) is 23.1 Å². The molecule has 0 atom stereocenters. The van der Waals surface area contributed by atoms with Crippen molar-refractivity contribution in [2.75, 3.05) is 19.0 Å². The van der Waals surface area contributed by atoms with Crippen LogP contribution in [0.2, 0.25) is 5.02 Å². The molecule has 0 aromatic heterocycles. The monoisotopic (exact) mass is 255 g/mol. The Hall–Kier alpha value is -1.68. The maximum Gasteiger partial charge on any atom is 0.411 e. The average Bonchev–Trinajstić information content (AvgIpc) is 2.32. The highest BCUT2D eigenvalue weighted by atomic mass is 35.5. The number of benzene rings is 1. The second-order valence-corrected chi connectivity index (χ2v) is 3.62. The maximum atomic E-state index is 11.1. The molecule has 17 heavy (non-hydrogen) atoms. The normalized spacial score (nSPS) is 9.53. The van der Waals surface area contributed by atoms with Gasteiger partial charge in [-0.1, -0.05) is 17.7 Å². The molecule has 0 aliphatic heterocycles. The molecule has 0 aliphatic rings. The van der Waals surface area contributed by atoms with Crippen LogP contribution < -0.4 is 10.1 Å². The number of ether oxygens (including phenoxy) is 2. The van der Waals surface area contributed by atoms with Crippen molar-refractivity contribution in [1.29, 1.82) is 0 Å². The minimum absolute atomic E-state index is 0.480. The van der Waals surface area contributed by atoms with Crippen LogP contribution >= 0.6 is 11.6 Å². The smallest absolute Gasteiger partial charge is 0.411 e. The van der Waals surface area contributed by atoms with Crippen molar-refractivity contribution in [2.45, 2.75) is 6.42 Å². The number of carbonyl (C=O) groups excluding carboxylic acids is 1. The predicted molar refractivity (Wildman–Crippen MR) is 67.8 cm³/mol. The van der Waals surface area contributed by atoms with Crippen molar-refractivity contribution in [3.8, 4) is 5.75 Å². The highest BCUT2D eigenvalue weighted by molar-refractivity contribution is 6.31. The summed E-state index contributed by atoms with van der Waals surface area (Å²) >= 11 is 5.84. The molecule has 0 saturated heterocycles. The Kier molecular flexibility index (Phi) is 5.36. The second-order valence-electron chi connectivity index (χ2n) is 3.18. The summed E-state index contributed by atoms with van der Waals surface area (Å²) in [7, 11) is 1.29. The van der Waals surface area contributed by atoms with Crippen LogP contribution in [0.1, 0.15) is 6.42 Å². The summed E-state index contributed by atoms with van der Waals surface area (Å²) in [5, 5.41) is 3.04. The molecule has 0 heterocycles. The molecule has 0 spiro atoms. The van der Waals surface area contributed by atoms with Gasteiger partial charge in [0.05, 0.1) is 19.4 Å². The molecule has 0 fully saturated rings. The standard InChI is InChI=1S/C12H14ClNO3/c1-3-4-7-17-11-6-5-9(13)8-10(11)14-12(15)16-2/h3,5-6,8H,1,4,7H2,2H3,(H,14,15). The van der Waals surface area contributed by atoms with Crippen LogP contribution in [-0.4, -0.2) is 19.8 Å². The lowest BCUT2D eigenvalue weighted by Crippen LogP contribution is -2.12. The molecule has 92 valence electrons. The van der Waals surface area contributed by atoms with E-state index in [9.17, 15) is 4.79 Å². The number of halogens is 1. The van der Waals surface area contributed by atoms with Crippen LogP contribution in [0.4, 0.5) is 10.5 Å². The van der Waals surface area contributed by atoms with Crippen LogP contribution in [0.3, 0.4) is 0 Å². The van der Waals surface area contributed by atoms with Gasteiger partial charge >= 0.3 is 6.09 Å². The van der Waals surface area contributed by atoms with E-state index in [0.717, 1.165) is 6.42 Å². The molecule has 0 unspecified atom stereocenters. The van der Waals surface area contributed by atoms with Gasteiger partial charge in [0, 0.05) is 5.02 Å². The van der Waals surface area contributed by atoms with E-state index in [2.05, 4.69) is 16.6 Å². The number of rotatable bonds is 5. The lowest BCUT2D eigenvalue weighted by molar-refractivity contribution is 0.186. The highest BCUT2D eigenvalue weighted by Crippen LogP contribution is 2.28. The fourth-order valence-corrected chi connectivity index (χ4v) is 1.31. The third-order valence-electron chi connectivity index (χ3n) is 1.94. The van der Waals surface area contributed by atoms with Crippen LogP contribution in [-0.2, 0) is 4.74 Å². The number of anilines is 1. The summed E-state index contributed by atoms with van der Waals surface area (Å²) in [4.78, 5) is 11.1. The second kappa shape index (κ2) is 6.81. The molecule has 4 nitrogen and oxygen atoms in total. The zero-order chi connectivity index (χ0) is 12.7. The lowest BCUT2D eigenvalue weighted by atomic mass is 10.3. The van der Waals surface area contributed by atoms with Crippen molar-refractivity contribution in [2.24, 2.45) is 0 Å². The maximum absolute atomic E-state index is 11.1. The molecule has 0 bridgehead atoms. The number of nitrogens with one attached hydrogen (secondary N) is 1. The molecule has 0 aliphatic carbocycles. The largest absolute Gasteiger partial charge is 0.491 e. The molecular weight excluding hydrogens is 242 g/mol. The highest BCUT2D eigenvalue weighted by Gasteiger charge is 2.08. The van der Waals surface area contributed by atoms with Crippen molar-refractivity contribution in [3.05, 3.63) is 35.9 Å². The molecule has 1 aromatic carbocycles. The van der Waals surface area contributed by atoms with Gasteiger partial charge in [0.1, 0.15) is 5.75 Å². The van der Waals surface area contributed by atoms with Crippen molar-refractivity contribution in [3.63, 3.8) is 0 Å². The van der Waals surface area contributed by atoms with Crippen molar-refractivity contribution in [1.82, 2.24) is 0 Å². The van der Waals surface area contributed by atoms with E-state index in [1.165, 1.54) is 7.11 Å². The number of amides is 1. The summed E-state index contributed by atoms with van der Waals surface area (Å²) in [6, 6.07) is 4.98. The number of methoxy groups -OCH3 is 1. The zero-order valence-electron chi connectivity index (χ0n) is 9.53. The molecular formula is C12H14ClNO3. The fourth-order valence-electron chi connectivity index (χ4n) is 1.14. The Balaban J connectivity index is 2.79. The van der Waals surface area contributed by atoms with E-state index >= 15 is 0 Å². The van der Waals surface area contributed by atoms with E-state index in [4.69, 9.17) is 16.3 Å². The van der Waals surface area contributed by atoms with Crippen LogP contribution in [0, 0.1) is 0 Å². The fraction of sp³-hybridized carbons (Fsp3) is 0.250. The molecule has 1 aromatic rings. The number of hydrogen-bond acceptors (Lipinski definition) is 3. The first-order valence-electron chi connectivity index (χ1n) is 5.05. The van der Waals surface area contributed by atoms with Crippen LogP contribution in [0.15, 0.2) is 30.9 Å². The Morgan fingerprint density at radius 2 is 2.35 bits per heavy atom. The molecule has 0 radical (unpaired) electrons. The van der Waals surface area contributed by atoms with E-state index in [-0.39, 0.29) is 0 Å². The van der Waals surface area contributed by atoms with Crippen LogP contribution in [0.25, 0.3) is 0 Å². The van der Waals surface area contributed by atoms with Gasteiger partial charge in [-0.25, -0.2) is 4.79 Å². The Morgan fingerprint density at radius 1 is 1.59 bits per heavy atom. The van der Waals surface area contributed by atoms with E-state index < -0.39 is 6.09 Å². The third-order valence-corrected chi connectivity index (χ3v) is 2.18. The molecule has 1 amide bonds. The first-order valence-corrected chi connectivity index (χ1v) is 5.43. The van der Waals surface area contributed by atoms with Gasteiger partial charge < -0.3 is 9.47 Å². The zero-order valence-corrected chi connectivity index (χ0v) is 10.3. The summed E-state index contributed by atoms with van der Waals surface area (Å²) in [6.45, 7) is 4.09. The van der Waals surface area contributed by atoms with Crippen molar-refractivity contribution >= 4 is 23.4 Å². The van der Waals surface area contributed by atoms with E-state index in [1.54, 1.807) is 24.3 Å². The van der Waals surface area contributed by atoms with Gasteiger partial charge in [0.15, 0.2) is 0 Å². The minimum Gasteiger partial charge on any atom is -0.491 e. The summed E-state index contributed by atoms with van der Waals surface area (Å²) in [6.07, 6.45) is 1.91. The van der Waals surface area contributed by atoms with E-state index in [1.807, 2.05) is 0 Å². The molecule has 1 rings (SSSR count). The molecule has 1 N–H and O–H groups in total. The average molecular weight is 256 g/mol. The Bertz CT molecular complexity index is 407. The minimum atomic E-state index is -0.569. The van der Waals surface area contributed by atoms with Gasteiger partial charge in [-0.05, 0) is 24.6 Å². The van der Waals surface area contributed by atoms with Gasteiger partial charge in [-0.3, -0.25) is 5.32 Å². The summed E-state index contributed by atoms with van der Waals surface area (Å²) in [5.74, 6) is 0.543. The number of hydrogen-bond donors (Lipinski definition) is 1. The summed E-state index contributed by atoms with van der Waals surface area (Å²) in [5.41, 5.74) is 0.480. The topological polar surface area (TPSA) is 47.6 Å². The van der Waals surface area contributed by atoms with Gasteiger partial charge in [0.2, 0.25) is 0 Å². The number of carbonyl (C=O) groups is 1. The van der Waals surface area contributed by atoms with Gasteiger partial charge in [-0.15, -0.1) is 6.58 Å². The Labute approximate surface area is 105 Å². The lowest BCUT2D eigenvalue weighted by Gasteiger charge is -2.11. The summed E-state index contributed by atoms with van der Waals surface area (Å²) < 4.78 is 9.99. The molecule has 5 heteroatoms. The first kappa shape index (κ1) is 13.4. The van der Waals surface area contributed by atoms with Crippen LogP contribution in [0.5, 0.6) is 5.75 Å². The van der Waals surface area contributed by atoms with Gasteiger partial charge in [-0.2, -0.15) is 0 Å². The quantitative estimate of drug-likeness (QED) is 0.647.